The molecule has 82 valence electrons. The van der Waals surface area contributed by atoms with Crippen LogP contribution in [-0.4, -0.2) is 39.1 Å². The minimum absolute atomic E-state index is 0.164. The summed E-state index contributed by atoms with van der Waals surface area (Å²) < 4.78 is 2.17. The Hall–Kier alpha value is -0.296. The Bertz CT molecular complexity index is 242. The van der Waals surface area contributed by atoms with Crippen molar-refractivity contribution < 1.29 is 4.79 Å². The molecule has 0 aliphatic carbocycles. The van der Waals surface area contributed by atoms with E-state index >= 15 is 0 Å². The molecule has 3 nitrogen and oxygen atoms in total. The van der Waals surface area contributed by atoms with E-state index < -0.39 is 16.3 Å². The number of carbonyl (C=O) groups excluding carboxylic acids is 1. The first-order valence-corrected chi connectivity index (χ1v) is 12.2. The summed E-state index contributed by atoms with van der Waals surface area (Å²) in [6.07, 6.45) is 0. The molecule has 0 saturated carbocycles. The Labute approximate surface area is 89.0 Å². The highest BCUT2D eigenvalue weighted by atomic mass is 28.3. The molecular weight excluding hydrogens is 208 g/mol. The normalized spacial score (nSPS) is 24.0. The van der Waals surface area contributed by atoms with Crippen LogP contribution in [0.4, 0.5) is 4.79 Å². The second kappa shape index (κ2) is 3.38. The molecule has 1 N–H and O–H groups in total. The Morgan fingerprint density at radius 1 is 1.21 bits per heavy atom. The maximum atomic E-state index is 11.7. The minimum Gasteiger partial charge on any atom is -0.351 e. The summed E-state index contributed by atoms with van der Waals surface area (Å²) in [5.41, 5.74) is 0.488. The SMILES string of the molecule is C[Si](C)(C)C1CNC(=O)N1[Si](C)(C)C. The quantitative estimate of drug-likeness (QED) is 0.724. The average Bonchev–Trinajstić information content (AvgIpc) is 2.27. The standard InChI is InChI=1S/C9H22N2OSi2/c1-13(2,3)8-7-10-9(12)11(8)14(4,5)6/h8H,7H2,1-6H3,(H,10,12). The van der Waals surface area contributed by atoms with Crippen LogP contribution in [0.1, 0.15) is 0 Å². The van der Waals surface area contributed by atoms with Gasteiger partial charge in [-0.1, -0.05) is 39.3 Å². The fourth-order valence-corrected chi connectivity index (χ4v) is 7.61. The van der Waals surface area contributed by atoms with Crippen molar-refractivity contribution in [1.29, 1.82) is 0 Å². The van der Waals surface area contributed by atoms with Crippen LogP contribution in [0.3, 0.4) is 0 Å². The fourth-order valence-electron chi connectivity index (χ4n) is 1.97. The Balaban J connectivity index is 2.94. The predicted octanol–water partition coefficient (Wildman–Crippen LogP) is 2.09. The molecule has 0 bridgehead atoms. The summed E-state index contributed by atoms with van der Waals surface area (Å²) in [5.74, 6) is 0. The summed E-state index contributed by atoms with van der Waals surface area (Å²) in [6, 6.07) is 0.164. The number of carbonyl (C=O) groups is 1. The highest BCUT2D eigenvalue weighted by Crippen LogP contribution is 2.24. The zero-order valence-electron chi connectivity index (χ0n) is 10.1. The van der Waals surface area contributed by atoms with Crippen molar-refractivity contribution in [2.24, 2.45) is 0 Å². The molecule has 5 heteroatoms. The van der Waals surface area contributed by atoms with Crippen LogP contribution in [0, 0.1) is 0 Å². The van der Waals surface area contributed by atoms with E-state index in [-0.39, 0.29) is 6.03 Å². The van der Waals surface area contributed by atoms with Crippen LogP contribution in [-0.2, 0) is 0 Å². The second-order valence-corrected chi connectivity index (χ2v) is 16.3. The summed E-state index contributed by atoms with van der Waals surface area (Å²) in [4.78, 5) is 11.7. The molecule has 1 fully saturated rings. The Kier molecular flexibility index (Phi) is 2.84. The van der Waals surface area contributed by atoms with Gasteiger partial charge in [0.25, 0.3) is 0 Å². The monoisotopic (exact) mass is 230 g/mol. The van der Waals surface area contributed by atoms with Crippen LogP contribution in [0.2, 0.25) is 39.3 Å². The van der Waals surface area contributed by atoms with Gasteiger partial charge in [0.15, 0.2) is 8.24 Å². The molecule has 1 atom stereocenters. The topological polar surface area (TPSA) is 32.3 Å². The van der Waals surface area contributed by atoms with E-state index in [1.165, 1.54) is 0 Å². The molecule has 0 radical (unpaired) electrons. The van der Waals surface area contributed by atoms with Crippen molar-refractivity contribution in [2.45, 2.75) is 44.9 Å². The smallest absolute Gasteiger partial charge is 0.309 e. The van der Waals surface area contributed by atoms with Gasteiger partial charge in [0, 0.05) is 12.2 Å². The van der Waals surface area contributed by atoms with Gasteiger partial charge < -0.3 is 9.88 Å². The van der Waals surface area contributed by atoms with E-state index in [1.807, 2.05) is 0 Å². The third-order valence-electron chi connectivity index (χ3n) is 2.70. The molecule has 0 spiro atoms. The van der Waals surface area contributed by atoms with Crippen molar-refractivity contribution in [3.05, 3.63) is 0 Å². The van der Waals surface area contributed by atoms with Crippen LogP contribution < -0.4 is 5.32 Å². The van der Waals surface area contributed by atoms with Gasteiger partial charge in [-0.05, 0) is 0 Å². The molecule has 0 aromatic heterocycles. The molecule has 2 amide bonds. The third-order valence-corrected chi connectivity index (χ3v) is 7.38. The summed E-state index contributed by atoms with van der Waals surface area (Å²) in [7, 11) is -2.77. The zero-order chi connectivity index (χ0) is 11.1. The van der Waals surface area contributed by atoms with Crippen LogP contribution >= 0.6 is 0 Å². The molecule has 1 saturated heterocycles. The number of rotatable bonds is 2. The molecule has 14 heavy (non-hydrogen) atoms. The largest absolute Gasteiger partial charge is 0.351 e. The molecular formula is C9H22N2OSi2. The van der Waals surface area contributed by atoms with Crippen LogP contribution in [0.25, 0.3) is 0 Å². The van der Waals surface area contributed by atoms with Gasteiger partial charge in [0.2, 0.25) is 0 Å². The molecule has 0 aromatic rings. The lowest BCUT2D eigenvalue weighted by Gasteiger charge is -2.40. The van der Waals surface area contributed by atoms with E-state index in [4.69, 9.17) is 0 Å². The van der Waals surface area contributed by atoms with Crippen molar-refractivity contribution in [3.63, 3.8) is 0 Å². The summed E-state index contributed by atoms with van der Waals surface area (Å²) in [6.45, 7) is 14.6. The molecule has 1 unspecified atom stereocenters. The Morgan fingerprint density at radius 2 is 1.71 bits per heavy atom. The van der Waals surface area contributed by atoms with Crippen molar-refractivity contribution in [2.75, 3.05) is 6.54 Å². The molecule has 1 aliphatic heterocycles. The van der Waals surface area contributed by atoms with Gasteiger partial charge in [-0.2, -0.15) is 0 Å². The number of amides is 2. The van der Waals surface area contributed by atoms with E-state index in [1.54, 1.807) is 0 Å². The first-order valence-electron chi connectivity index (χ1n) is 5.21. The van der Waals surface area contributed by atoms with Gasteiger partial charge in [0.1, 0.15) is 0 Å². The molecule has 1 aliphatic rings. The first kappa shape index (κ1) is 11.8. The number of nitrogens with zero attached hydrogens (tertiary/aromatic N) is 1. The van der Waals surface area contributed by atoms with Crippen molar-refractivity contribution in [1.82, 2.24) is 9.88 Å². The average molecular weight is 230 g/mol. The lowest BCUT2D eigenvalue weighted by Crippen LogP contribution is -2.59. The highest BCUT2D eigenvalue weighted by Gasteiger charge is 2.45. The van der Waals surface area contributed by atoms with E-state index in [2.05, 4.69) is 49.2 Å². The van der Waals surface area contributed by atoms with Crippen LogP contribution in [0.5, 0.6) is 0 Å². The lowest BCUT2D eigenvalue weighted by atomic mass is 10.7. The van der Waals surface area contributed by atoms with Crippen molar-refractivity contribution >= 4 is 22.3 Å². The van der Waals surface area contributed by atoms with E-state index in [0.29, 0.717) is 5.67 Å². The van der Waals surface area contributed by atoms with E-state index in [0.717, 1.165) is 6.54 Å². The van der Waals surface area contributed by atoms with Gasteiger partial charge in [-0.15, -0.1) is 0 Å². The maximum absolute atomic E-state index is 11.7. The summed E-state index contributed by atoms with van der Waals surface area (Å²) >= 11 is 0. The van der Waals surface area contributed by atoms with E-state index in [9.17, 15) is 4.79 Å². The number of hydrogen-bond acceptors (Lipinski definition) is 1. The first-order chi connectivity index (χ1) is 6.14. The maximum Gasteiger partial charge on any atom is 0.309 e. The van der Waals surface area contributed by atoms with Gasteiger partial charge in [0.05, 0.1) is 8.07 Å². The lowest BCUT2D eigenvalue weighted by molar-refractivity contribution is 0.233. The zero-order valence-corrected chi connectivity index (χ0v) is 12.1. The Morgan fingerprint density at radius 3 is 2.00 bits per heavy atom. The second-order valence-electron chi connectivity index (χ2n) is 6.11. The van der Waals surface area contributed by atoms with Gasteiger partial charge >= 0.3 is 6.03 Å². The number of nitrogens with one attached hydrogen (secondary N) is 1. The molecule has 1 heterocycles. The number of hydrogen-bond donors (Lipinski definition) is 1. The summed E-state index contributed by atoms with van der Waals surface area (Å²) in [5, 5.41) is 2.99. The van der Waals surface area contributed by atoms with Gasteiger partial charge in [-0.25, -0.2) is 4.79 Å². The molecule has 0 aromatic carbocycles. The predicted molar refractivity (Wildman–Crippen MR) is 65.7 cm³/mol. The van der Waals surface area contributed by atoms with Crippen molar-refractivity contribution in [3.8, 4) is 0 Å². The minimum atomic E-state index is -1.50. The fraction of sp³-hybridized carbons (Fsp3) is 0.889. The van der Waals surface area contributed by atoms with Gasteiger partial charge in [-0.3, -0.25) is 0 Å². The number of urea groups is 1. The third kappa shape index (κ3) is 2.20. The highest BCUT2D eigenvalue weighted by molar-refractivity contribution is 6.82. The molecule has 1 rings (SSSR count). The van der Waals surface area contributed by atoms with Crippen LogP contribution in [0.15, 0.2) is 0 Å².